The molecule has 0 bridgehead atoms. The third kappa shape index (κ3) is 3.32. The highest BCUT2D eigenvalue weighted by molar-refractivity contribution is 7.89. The van der Waals surface area contributed by atoms with Crippen molar-refractivity contribution in [3.8, 4) is 11.5 Å². The second kappa shape index (κ2) is 5.85. The Bertz CT molecular complexity index is 614. The Morgan fingerprint density at radius 2 is 1.90 bits per heavy atom. The third-order valence-corrected chi connectivity index (χ3v) is 5.56. The van der Waals surface area contributed by atoms with E-state index in [0.717, 1.165) is 25.7 Å². The summed E-state index contributed by atoms with van der Waals surface area (Å²) in [5.74, 6) is 1.71. The maximum absolute atomic E-state index is 12.5. The van der Waals surface area contributed by atoms with Gasteiger partial charge in [-0.3, -0.25) is 0 Å². The van der Waals surface area contributed by atoms with Gasteiger partial charge in [-0.2, -0.15) is 0 Å². The summed E-state index contributed by atoms with van der Waals surface area (Å²) in [6.07, 6.45) is 3.69. The van der Waals surface area contributed by atoms with Crippen LogP contribution in [-0.2, 0) is 10.0 Å². The molecule has 5 nitrogen and oxygen atoms in total. The molecule has 2 aliphatic rings. The summed E-state index contributed by atoms with van der Waals surface area (Å²) in [6.45, 7) is 3.29. The summed E-state index contributed by atoms with van der Waals surface area (Å²) >= 11 is 0. The normalized spacial score (nSPS) is 25.6. The molecule has 0 amide bonds. The molecule has 0 saturated heterocycles. The lowest BCUT2D eigenvalue weighted by molar-refractivity contribution is 0.297. The van der Waals surface area contributed by atoms with Crippen molar-refractivity contribution in [3.05, 3.63) is 18.2 Å². The Morgan fingerprint density at radius 3 is 2.62 bits per heavy atom. The fourth-order valence-corrected chi connectivity index (χ4v) is 4.21. The van der Waals surface area contributed by atoms with Gasteiger partial charge in [0.1, 0.15) is 0 Å². The highest BCUT2D eigenvalue weighted by Crippen LogP contribution is 2.32. The van der Waals surface area contributed by atoms with Crippen LogP contribution in [0.1, 0.15) is 32.6 Å². The molecule has 0 aromatic heterocycles. The largest absolute Gasteiger partial charge is 0.490 e. The molecule has 1 N–H and O–H groups in total. The summed E-state index contributed by atoms with van der Waals surface area (Å²) in [5.41, 5.74) is 0. The van der Waals surface area contributed by atoms with Crippen LogP contribution >= 0.6 is 0 Å². The molecule has 1 aromatic rings. The lowest BCUT2D eigenvalue weighted by Crippen LogP contribution is -2.32. The Morgan fingerprint density at radius 1 is 1.14 bits per heavy atom. The Labute approximate surface area is 125 Å². The van der Waals surface area contributed by atoms with E-state index in [1.54, 1.807) is 18.2 Å². The smallest absolute Gasteiger partial charge is 0.240 e. The molecular weight excluding hydrogens is 290 g/mol. The molecule has 1 heterocycles. The van der Waals surface area contributed by atoms with Gasteiger partial charge in [0.15, 0.2) is 11.5 Å². The monoisotopic (exact) mass is 311 g/mol. The number of benzene rings is 1. The van der Waals surface area contributed by atoms with Gasteiger partial charge in [0.05, 0.1) is 18.1 Å². The molecule has 1 aliphatic carbocycles. The molecule has 0 spiro atoms. The van der Waals surface area contributed by atoms with E-state index in [9.17, 15) is 8.42 Å². The predicted molar refractivity (Wildman–Crippen MR) is 79.2 cm³/mol. The standard InChI is InChI=1S/C15H21NO4S/c1-11-3-4-12(9-11)16-21(17,18)13-5-6-14-15(10-13)20-8-2-7-19-14/h5-6,10-12,16H,2-4,7-9H2,1H3. The number of sulfonamides is 1. The number of hydrogen-bond acceptors (Lipinski definition) is 4. The Kier molecular flexibility index (Phi) is 4.08. The summed E-state index contributed by atoms with van der Waals surface area (Å²) in [4.78, 5) is 0.242. The van der Waals surface area contributed by atoms with Gasteiger partial charge in [-0.25, -0.2) is 13.1 Å². The van der Waals surface area contributed by atoms with Crippen LogP contribution in [0, 0.1) is 5.92 Å². The molecule has 1 fully saturated rings. The molecule has 1 aromatic carbocycles. The van der Waals surface area contributed by atoms with E-state index < -0.39 is 10.0 Å². The van der Waals surface area contributed by atoms with Gasteiger partial charge in [0.2, 0.25) is 10.0 Å². The molecule has 6 heteroatoms. The maximum atomic E-state index is 12.5. The predicted octanol–water partition coefficient (Wildman–Crippen LogP) is 2.31. The lowest BCUT2D eigenvalue weighted by atomic mass is 10.1. The van der Waals surface area contributed by atoms with E-state index >= 15 is 0 Å². The van der Waals surface area contributed by atoms with E-state index in [1.165, 1.54) is 0 Å². The van der Waals surface area contributed by atoms with Crippen molar-refractivity contribution in [2.24, 2.45) is 5.92 Å². The minimum atomic E-state index is -3.50. The van der Waals surface area contributed by atoms with Gasteiger partial charge in [-0.15, -0.1) is 0 Å². The molecule has 2 atom stereocenters. The first kappa shape index (κ1) is 14.7. The number of fused-ring (bicyclic) bond motifs is 1. The molecule has 1 aliphatic heterocycles. The van der Waals surface area contributed by atoms with Crippen LogP contribution < -0.4 is 14.2 Å². The van der Waals surface area contributed by atoms with E-state index in [-0.39, 0.29) is 10.9 Å². The zero-order chi connectivity index (χ0) is 14.9. The zero-order valence-corrected chi connectivity index (χ0v) is 13.0. The lowest BCUT2D eigenvalue weighted by Gasteiger charge is -2.14. The van der Waals surface area contributed by atoms with Gasteiger partial charge in [0.25, 0.3) is 0 Å². The van der Waals surface area contributed by atoms with Gasteiger partial charge in [-0.1, -0.05) is 6.92 Å². The number of nitrogens with one attached hydrogen (secondary N) is 1. The highest BCUT2D eigenvalue weighted by Gasteiger charge is 2.27. The summed E-state index contributed by atoms with van der Waals surface area (Å²) in [5, 5.41) is 0. The number of ether oxygens (including phenoxy) is 2. The minimum absolute atomic E-state index is 0.0426. The quantitative estimate of drug-likeness (QED) is 0.930. The van der Waals surface area contributed by atoms with Gasteiger partial charge >= 0.3 is 0 Å². The van der Waals surface area contributed by atoms with Crippen LogP contribution in [0.4, 0.5) is 0 Å². The van der Waals surface area contributed by atoms with Crippen molar-refractivity contribution in [3.63, 3.8) is 0 Å². The van der Waals surface area contributed by atoms with Crippen molar-refractivity contribution in [2.45, 2.75) is 43.5 Å². The van der Waals surface area contributed by atoms with Gasteiger partial charge in [0, 0.05) is 18.5 Å². The van der Waals surface area contributed by atoms with Gasteiger partial charge < -0.3 is 9.47 Å². The SMILES string of the molecule is CC1CCC(NS(=O)(=O)c2ccc3c(c2)OCCCO3)C1. The summed E-state index contributed by atoms with van der Waals surface area (Å²) in [6, 6.07) is 4.85. The van der Waals surface area contributed by atoms with Crippen molar-refractivity contribution in [1.29, 1.82) is 0 Å². The molecule has 0 radical (unpaired) electrons. The van der Waals surface area contributed by atoms with E-state index in [1.807, 2.05) is 0 Å². The first-order chi connectivity index (χ1) is 10.0. The second-order valence-corrected chi connectivity index (χ2v) is 7.61. The first-order valence-corrected chi connectivity index (χ1v) is 8.95. The second-order valence-electron chi connectivity index (χ2n) is 5.90. The van der Waals surface area contributed by atoms with Crippen molar-refractivity contribution >= 4 is 10.0 Å². The molecule has 1 saturated carbocycles. The molecule has 2 unspecified atom stereocenters. The maximum Gasteiger partial charge on any atom is 0.240 e. The Hall–Kier alpha value is -1.27. The van der Waals surface area contributed by atoms with E-state index in [0.29, 0.717) is 30.6 Å². The van der Waals surface area contributed by atoms with Crippen LogP contribution in [0.15, 0.2) is 23.1 Å². The average Bonchev–Trinajstić information content (AvgIpc) is 2.72. The van der Waals surface area contributed by atoms with Crippen LogP contribution in [0.5, 0.6) is 11.5 Å². The van der Waals surface area contributed by atoms with Crippen molar-refractivity contribution < 1.29 is 17.9 Å². The minimum Gasteiger partial charge on any atom is -0.490 e. The third-order valence-electron chi connectivity index (χ3n) is 4.05. The summed E-state index contributed by atoms with van der Waals surface area (Å²) < 4.78 is 38.8. The van der Waals surface area contributed by atoms with Crippen LogP contribution in [0.25, 0.3) is 0 Å². The number of rotatable bonds is 3. The fraction of sp³-hybridized carbons (Fsp3) is 0.600. The molecular formula is C15H21NO4S. The Balaban J connectivity index is 1.80. The van der Waals surface area contributed by atoms with Crippen LogP contribution in [-0.4, -0.2) is 27.7 Å². The average molecular weight is 311 g/mol. The van der Waals surface area contributed by atoms with Crippen molar-refractivity contribution in [1.82, 2.24) is 4.72 Å². The first-order valence-electron chi connectivity index (χ1n) is 7.46. The fourth-order valence-electron chi connectivity index (χ4n) is 2.91. The highest BCUT2D eigenvalue weighted by atomic mass is 32.2. The van der Waals surface area contributed by atoms with E-state index in [4.69, 9.17) is 9.47 Å². The topological polar surface area (TPSA) is 64.6 Å². The van der Waals surface area contributed by atoms with Crippen LogP contribution in [0.3, 0.4) is 0 Å². The van der Waals surface area contributed by atoms with Crippen molar-refractivity contribution in [2.75, 3.05) is 13.2 Å². The van der Waals surface area contributed by atoms with E-state index in [2.05, 4.69) is 11.6 Å². The number of hydrogen-bond donors (Lipinski definition) is 1. The van der Waals surface area contributed by atoms with Gasteiger partial charge in [-0.05, 0) is 37.3 Å². The molecule has 116 valence electrons. The zero-order valence-electron chi connectivity index (χ0n) is 12.2. The summed E-state index contributed by atoms with van der Waals surface area (Å²) in [7, 11) is -3.50. The molecule has 3 rings (SSSR count). The molecule has 21 heavy (non-hydrogen) atoms. The van der Waals surface area contributed by atoms with Crippen LogP contribution in [0.2, 0.25) is 0 Å².